The molecule has 1 unspecified atom stereocenters. The van der Waals surface area contributed by atoms with Crippen molar-refractivity contribution < 1.29 is 0 Å². The van der Waals surface area contributed by atoms with E-state index in [-0.39, 0.29) is 0 Å². The average Bonchev–Trinajstić information content (AvgIpc) is 2.43. The second-order valence-corrected chi connectivity index (χ2v) is 5.50. The predicted molar refractivity (Wildman–Crippen MR) is 81.9 cm³/mol. The number of aryl methyl sites for hydroxylation is 1. The van der Waals surface area contributed by atoms with Crippen LogP contribution in [0.15, 0.2) is 30.3 Å². The molecule has 0 saturated carbocycles. The van der Waals surface area contributed by atoms with E-state index in [4.69, 9.17) is 0 Å². The summed E-state index contributed by atoms with van der Waals surface area (Å²) in [6.07, 6.45) is 12.5. The molecule has 0 amide bonds. The van der Waals surface area contributed by atoms with E-state index in [1.807, 2.05) is 0 Å². The molecule has 0 bridgehead atoms. The van der Waals surface area contributed by atoms with E-state index < -0.39 is 0 Å². The number of hydrogen-bond acceptors (Lipinski definition) is 0. The van der Waals surface area contributed by atoms with E-state index >= 15 is 0 Å². The summed E-state index contributed by atoms with van der Waals surface area (Å²) in [5.41, 5.74) is 1.50. The first-order valence-electron chi connectivity index (χ1n) is 7.90. The molecule has 18 heavy (non-hydrogen) atoms. The fourth-order valence-electron chi connectivity index (χ4n) is 2.64. The summed E-state index contributed by atoms with van der Waals surface area (Å²) in [4.78, 5) is 0. The van der Waals surface area contributed by atoms with Crippen molar-refractivity contribution >= 4 is 0 Å². The first kappa shape index (κ1) is 15.3. The molecule has 1 atom stereocenters. The van der Waals surface area contributed by atoms with Crippen LogP contribution in [0.1, 0.15) is 70.8 Å². The van der Waals surface area contributed by atoms with Gasteiger partial charge in [-0.2, -0.15) is 0 Å². The molecule has 102 valence electrons. The molecular formula is C18H30. The Bertz CT molecular complexity index is 275. The molecule has 0 N–H and O–H groups in total. The van der Waals surface area contributed by atoms with E-state index in [2.05, 4.69) is 44.2 Å². The van der Waals surface area contributed by atoms with E-state index in [9.17, 15) is 0 Å². The van der Waals surface area contributed by atoms with Gasteiger partial charge in [0.2, 0.25) is 0 Å². The largest absolute Gasteiger partial charge is 0.0654 e. The van der Waals surface area contributed by atoms with Crippen LogP contribution in [0.2, 0.25) is 0 Å². The normalized spacial score (nSPS) is 12.6. The predicted octanol–water partition coefficient (Wildman–Crippen LogP) is 6.01. The van der Waals surface area contributed by atoms with E-state index in [1.165, 1.54) is 63.4 Å². The molecule has 0 spiro atoms. The van der Waals surface area contributed by atoms with E-state index in [0.717, 1.165) is 5.92 Å². The monoisotopic (exact) mass is 246 g/mol. The number of hydrogen-bond donors (Lipinski definition) is 0. The Balaban J connectivity index is 2.08. The van der Waals surface area contributed by atoms with Crippen LogP contribution >= 0.6 is 0 Å². The van der Waals surface area contributed by atoms with Gasteiger partial charge in [-0.15, -0.1) is 0 Å². The molecule has 0 heterocycles. The molecule has 0 aliphatic carbocycles. The first-order valence-corrected chi connectivity index (χ1v) is 7.90. The van der Waals surface area contributed by atoms with Crippen LogP contribution < -0.4 is 0 Å². The van der Waals surface area contributed by atoms with Crippen LogP contribution in [0.5, 0.6) is 0 Å². The van der Waals surface area contributed by atoms with Crippen molar-refractivity contribution in [3.05, 3.63) is 35.9 Å². The SMILES string of the molecule is CCCCCC(CC)CCCCc1ccccc1. The van der Waals surface area contributed by atoms with Gasteiger partial charge in [0.05, 0.1) is 0 Å². The van der Waals surface area contributed by atoms with Crippen molar-refractivity contribution in [3.8, 4) is 0 Å². The van der Waals surface area contributed by atoms with Gasteiger partial charge in [-0.05, 0) is 24.3 Å². The summed E-state index contributed by atoms with van der Waals surface area (Å²) in [6, 6.07) is 10.9. The molecule has 1 aromatic carbocycles. The lowest BCUT2D eigenvalue weighted by Crippen LogP contribution is -1.99. The summed E-state index contributed by atoms with van der Waals surface area (Å²) in [5, 5.41) is 0. The Kier molecular flexibility index (Phi) is 8.63. The Morgan fingerprint density at radius 3 is 2.11 bits per heavy atom. The van der Waals surface area contributed by atoms with Gasteiger partial charge in [-0.1, -0.05) is 89.1 Å². The Morgan fingerprint density at radius 2 is 1.50 bits per heavy atom. The zero-order valence-corrected chi connectivity index (χ0v) is 12.3. The minimum atomic E-state index is 0.979. The van der Waals surface area contributed by atoms with Crippen LogP contribution in [-0.2, 0) is 6.42 Å². The minimum absolute atomic E-state index is 0.979. The summed E-state index contributed by atoms with van der Waals surface area (Å²) >= 11 is 0. The maximum Gasteiger partial charge on any atom is -0.0279 e. The topological polar surface area (TPSA) is 0 Å². The third kappa shape index (κ3) is 6.83. The van der Waals surface area contributed by atoms with Gasteiger partial charge < -0.3 is 0 Å². The van der Waals surface area contributed by atoms with Crippen LogP contribution in [0.3, 0.4) is 0 Å². The summed E-state index contributed by atoms with van der Waals surface area (Å²) in [6.45, 7) is 4.65. The Hall–Kier alpha value is -0.780. The Labute approximate surface area is 114 Å². The fraction of sp³-hybridized carbons (Fsp3) is 0.667. The van der Waals surface area contributed by atoms with Crippen molar-refractivity contribution in [2.24, 2.45) is 5.92 Å². The third-order valence-corrected chi connectivity index (χ3v) is 3.96. The molecular weight excluding hydrogens is 216 g/mol. The quantitative estimate of drug-likeness (QED) is 0.444. The number of benzene rings is 1. The number of rotatable bonds is 10. The van der Waals surface area contributed by atoms with Crippen molar-refractivity contribution in [1.82, 2.24) is 0 Å². The lowest BCUT2D eigenvalue weighted by atomic mass is 9.92. The van der Waals surface area contributed by atoms with E-state index in [1.54, 1.807) is 0 Å². The standard InChI is InChI=1S/C18H30/c1-3-5-7-12-17(4-2)13-10-11-16-18-14-8-6-9-15-18/h6,8-9,14-15,17H,3-5,7,10-13,16H2,1-2H3. The zero-order chi connectivity index (χ0) is 13.1. The highest BCUT2D eigenvalue weighted by Gasteiger charge is 2.05. The summed E-state index contributed by atoms with van der Waals surface area (Å²) in [7, 11) is 0. The van der Waals surface area contributed by atoms with Crippen molar-refractivity contribution in [3.63, 3.8) is 0 Å². The maximum absolute atomic E-state index is 2.35. The minimum Gasteiger partial charge on any atom is -0.0654 e. The molecule has 0 nitrogen and oxygen atoms in total. The summed E-state index contributed by atoms with van der Waals surface area (Å²) < 4.78 is 0. The van der Waals surface area contributed by atoms with Crippen LogP contribution in [0.4, 0.5) is 0 Å². The van der Waals surface area contributed by atoms with Crippen LogP contribution in [0, 0.1) is 5.92 Å². The highest BCUT2D eigenvalue weighted by atomic mass is 14.1. The molecule has 0 aliphatic heterocycles. The third-order valence-electron chi connectivity index (χ3n) is 3.96. The van der Waals surface area contributed by atoms with Crippen molar-refractivity contribution in [1.29, 1.82) is 0 Å². The first-order chi connectivity index (χ1) is 8.86. The van der Waals surface area contributed by atoms with Gasteiger partial charge in [-0.25, -0.2) is 0 Å². The number of unbranched alkanes of at least 4 members (excludes halogenated alkanes) is 3. The lowest BCUT2D eigenvalue weighted by molar-refractivity contribution is 0.400. The highest BCUT2D eigenvalue weighted by Crippen LogP contribution is 2.20. The maximum atomic E-state index is 2.35. The van der Waals surface area contributed by atoms with Gasteiger partial charge in [0.15, 0.2) is 0 Å². The smallest absolute Gasteiger partial charge is 0.0279 e. The molecule has 0 saturated heterocycles. The molecule has 1 aromatic rings. The molecule has 1 rings (SSSR count). The zero-order valence-electron chi connectivity index (χ0n) is 12.3. The lowest BCUT2D eigenvalue weighted by Gasteiger charge is -2.14. The molecule has 0 radical (unpaired) electrons. The molecule has 0 fully saturated rings. The fourth-order valence-corrected chi connectivity index (χ4v) is 2.64. The van der Waals surface area contributed by atoms with Crippen LogP contribution in [-0.4, -0.2) is 0 Å². The van der Waals surface area contributed by atoms with Gasteiger partial charge in [0, 0.05) is 0 Å². The van der Waals surface area contributed by atoms with Crippen molar-refractivity contribution in [2.45, 2.75) is 71.6 Å². The van der Waals surface area contributed by atoms with Gasteiger partial charge in [-0.3, -0.25) is 0 Å². The Morgan fingerprint density at radius 1 is 0.833 bits per heavy atom. The van der Waals surface area contributed by atoms with Crippen molar-refractivity contribution in [2.75, 3.05) is 0 Å². The van der Waals surface area contributed by atoms with Gasteiger partial charge >= 0.3 is 0 Å². The van der Waals surface area contributed by atoms with Gasteiger partial charge in [0.25, 0.3) is 0 Å². The van der Waals surface area contributed by atoms with Gasteiger partial charge in [0.1, 0.15) is 0 Å². The molecule has 0 aliphatic rings. The average molecular weight is 246 g/mol. The highest BCUT2D eigenvalue weighted by molar-refractivity contribution is 5.14. The van der Waals surface area contributed by atoms with Crippen LogP contribution in [0.25, 0.3) is 0 Å². The second-order valence-electron chi connectivity index (χ2n) is 5.50. The molecule has 0 aromatic heterocycles. The van der Waals surface area contributed by atoms with E-state index in [0.29, 0.717) is 0 Å². The molecule has 0 heteroatoms. The summed E-state index contributed by atoms with van der Waals surface area (Å²) in [5.74, 6) is 0.979. The second kappa shape index (κ2) is 10.2.